The molecule has 2 heterocycles. The van der Waals surface area contributed by atoms with E-state index >= 15 is 0 Å². The summed E-state index contributed by atoms with van der Waals surface area (Å²) < 4.78 is 11.2. The summed E-state index contributed by atoms with van der Waals surface area (Å²) in [5.41, 5.74) is 0.511. The van der Waals surface area contributed by atoms with Gasteiger partial charge in [-0.15, -0.1) is 0 Å². The van der Waals surface area contributed by atoms with Crippen LogP contribution in [0.4, 0.5) is 11.4 Å². The van der Waals surface area contributed by atoms with E-state index < -0.39 is 5.60 Å². The largest absolute Gasteiger partial charge is 0.476 e. The molecule has 2 aliphatic heterocycles. The molecule has 0 radical (unpaired) electrons. The zero-order valence-corrected chi connectivity index (χ0v) is 26.7. The Balaban J connectivity index is 0.000000529. The van der Waals surface area contributed by atoms with Crippen LogP contribution in [0.25, 0.3) is 0 Å². The van der Waals surface area contributed by atoms with Crippen LogP contribution >= 0.6 is 0 Å². The molecule has 4 aliphatic rings. The Bertz CT molecular complexity index is 1100. The van der Waals surface area contributed by atoms with Crippen molar-refractivity contribution in [2.24, 2.45) is 23.7 Å². The topological polar surface area (TPSA) is 88.2 Å². The summed E-state index contributed by atoms with van der Waals surface area (Å²) in [6, 6.07) is 5.84. The number of fused-ring (bicyclic) bond motifs is 1. The SMILES string of the molecule is C.CC(C)C1CCCCC1.COCCCN1C(=O)C(C)(C)Oc2ccc(N(C(=O)[C@H]3CNC[C@@H](C(C)=O)C3)C3CC3)cc21.[HH]. The predicted octanol–water partition coefficient (Wildman–Crippen LogP) is 6.64. The molecule has 1 N–H and O–H groups in total. The number of anilines is 2. The monoisotopic (exact) mass is 601 g/mol. The van der Waals surface area contributed by atoms with Crippen molar-refractivity contribution < 1.29 is 25.3 Å². The maximum atomic E-state index is 13.6. The van der Waals surface area contributed by atoms with E-state index in [9.17, 15) is 14.4 Å². The van der Waals surface area contributed by atoms with Crippen LogP contribution in [0.3, 0.4) is 0 Å². The van der Waals surface area contributed by atoms with Crippen LogP contribution in [0.1, 0.15) is 101 Å². The number of carbonyl (C=O) groups is 3. The number of hydrogen-bond donors (Lipinski definition) is 1. The Morgan fingerprint density at radius 2 is 1.79 bits per heavy atom. The molecular weight excluding hydrogens is 542 g/mol. The highest BCUT2D eigenvalue weighted by Crippen LogP contribution is 2.43. The second kappa shape index (κ2) is 15.5. The number of Topliss-reactive ketones (excluding diaryl/α,β-unsaturated/α-hetero) is 1. The lowest BCUT2D eigenvalue weighted by Crippen LogP contribution is -2.53. The first kappa shape index (κ1) is 35.0. The minimum absolute atomic E-state index is 0. The molecule has 244 valence electrons. The maximum absolute atomic E-state index is 13.6. The van der Waals surface area contributed by atoms with Gasteiger partial charge < -0.3 is 24.6 Å². The fourth-order valence-corrected chi connectivity index (χ4v) is 6.58. The summed E-state index contributed by atoms with van der Waals surface area (Å²) >= 11 is 0. The number of piperidine rings is 1. The molecule has 8 nitrogen and oxygen atoms in total. The van der Waals surface area contributed by atoms with Crippen molar-refractivity contribution in [1.29, 1.82) is 0 Å². The van der Waals surface area contributed by atoms with Gasteiger partial charge in [-0.25, -0.2) is 0 Å². The summed E-state index contributed by atoms with van der Waals surface area (Å²) in [7, 11) is 1.65. The molecule has 1 aromatic carbocycles. The van der Waals surface area contributed by atoms with Crippen molar-refractivity contribution in [2.75, 3.05) is 43.2 Å². The number of rotatable bonds is 9. The zero-order valence-electron chi connectivity index (χ0n) is 26.7. The quantitative estimate of drug-likeness (QED) is 0.319. The van der Waals surface area contributed by atoms with Gasteiger partial charge in [-0.2, -0.15) is 0 Å². The first-order chi connectivity index (χ1) is 20.0. The molecular formula is C35H59N3O5. The lowest BCUT2D eigenvalue weighted by Gasteiger charge is -2.39. The first-order valence-corrected chi connectivity index (χ1v) is 16.2. The Labute approximate surface area is 261 Å². The van der Waals surface area contributed by atoms with Gasteiger partial charge in [-0.1, -0.05) is 53.4 Å². The molecule has 43 heavy (non-hydrogen) atoms. The summed E-state index contributed by atoms with van der Waals surface area (Å²) in [5.74, 6) is 2.33. The van der Waals surface area contributed by atoms with E-state index in [4.69, 9.17) is 9.47 Å². The first-order valence-electron chi connectivity index (χ1n) is 16.2. The molecule has 0 spiro atoms. The van der Waals surface area contributed by atoms with Gasteiger partial charge >= 0.3 is 0 Å². The van der Waals surface area contributed by atoms with Gasteiger partial charge in [0.2, 0.25) is 5.91 Å². The fraction of sp³-hybridized carbons (Fsp3) is 0.743. The molecule has 8 heteroatoms. The Kier molecular flexibility index (Phi) is 12.6. The molecule has 2 amide bonds. The van der Waals surface area contributed by atoms with Crippen molar-refractivity contribution in [1.82, 2.24) is 5.32 Å². The molecule has 2 atom stereocenters. The van der Waals surface area contributed by atoms with E-state index in [1.54, 1.807) is 32.8 Å². The van der Waals surface area contributed by atoms with E-state index in [-0.39, 0.29) is 44.3 Å². The van der Waals surface area contributed by atoms with Crippen LogP contribution < -0.4 is 19.9 Å². The van der Waals surface area contributed by atoms with E-state index in [1.807, 2.05) is 23.1 Å². The molecule has 1 saturated heterocycles. The Morgan fingerprint density at radius 3 is 2.37 bits per heavy atom. The minimum Gasteiger partial charge on any atom is -0.476 e. The molecule has 0 bridgehead atoms. The number of benzene rings is 1. The predicted molar refractivity (Wildman–Crippen MR) is 176 cm³/mol. The third-order valence-electron chi connectivity index (χ3n) is 9.38. The smallest absolute Gasteiger partial charge is 0.270 e. The van der Waals surface area contributed by atoms with Gasteiger partial charge in [-0.3, -0.25) is 14.4 Å². The summed E-state index contributed by atoms with van der Waals surface area (Å²) in [5, 5.41) is 3.26. The third-order valence-corrected chi connectivity index (χ3v) is 9.38. The number of hydrogen-bond acceptors (Lipinski definition) is 6. The number of nitrogens with one attached hydrogen (secondary N) is 1. The average Bonchev–Trinajstić information content (AvgIpc) is 3.81. The van der Waals surface area contributed by atoms with E-state index in [0.717, 1.165) is 30.4 Å². The second-order valence-corrected chi connectivity index (χ2v) is 13.5. The number of ether oxygens (including phenoxy) is 2. The van der Waals surface area contributed by atoms with Gasteiger partial charge in [0.05, 0.1) is 11.6 Å². The number of nitrogens with zero attached hydrogens (tertiary/aromatic N) is 2. The van der Waals surface area contributed by atoms with Crippen LogP contribution in [0.2, 0.25) is 0 Å². The second-order valence-electron chi connectivity index (χ2n) is 13.5. The highest BCUT2D eigenvalue weighted by Gasteiger charge is 2.43. The van der Waals surface area contributed by atoms with Crippen molar-refractivity contribution in [2.45, 2.75) is 111 Å². The lowest BCUT2D eigenvalue weighted by atomic mass is 9.82. The minimum atomic E-state index is -0.955. The average molecular weight is 602 g/mol. The standard InChI is InChI=1S/C25H35N3O5.C9H18.CH4.H2/c1-16(29)17-12-18(15-26-14-17)23(30)28(19-6-7-19)20-8-9-22-21(13-20)27(10-5-11-32-4)24(31)25(2,3)33-22;1-8(2)9-6-4-3-5-7-9;;/h8-9,13,17-19,26H,5-7,10-12,14-15H2,1-4H3;8-9H,3-7H2,1-2H3;1H4;1H/t17-,18+;;;/m0.../s1. The lowest BCUT2D eigenvalue weighted by molar-refractivity contribution is -0.132. The highest BCUT2D eigenvalue weighted by atomic mass is 16.5. The molecule has 0 unspecified atom stereocenters. The van der Waals surface area contributed by atoms with Gasteiger partial charge in [-0.05, 0) is 76.5 Å². The fourth-order valence-electron chi connectivity index (χ4n) is 6.58. The van der Waals surface area contributed by atoms with Crippen molar-refractivity contribution in [3.05, 3.63) is 18.2 Å². The molecule has 0 aromatic heterocycles. The Morgan fingerprint density at radius 1 is 1.12 bits per heavy atom. The highest BCUT2D eigenvalue weighted by molar-refractivity contribution is 6.04. The van der Waals surface area contributed by atoms with Crippen LogP contribution in [0.15, 0.2) is 18.2 Å². The summed E-state index contributed by atoms with van der Waals surface area (Å²) in [4.78, 5) is 42.3. The molecule has 1 aromatic rings. The number of amides is 2. The van der Waals surface area contributed by atoms with Gasteiger partial charge in [0.15, 0.2) is 5.60 Å². The number of ketones is 1. The van der Waals surface area contributed by atoms with Crippen molar-refractivity contribution in [3.63, 3.8) is 0 Å². The van der Waals surface area contributed by atoms with E-state index in [2.05, 4.69) is 19.2 Å². The third kappa shape index (κ3) is 8.81. The molecule has 2 aliphatic carbocycles. The van der Waals surface area contributed by atoms with E-state index in [1.165, 1.54) is 32.1 Å². The number of methoxy groups -OCH3 is 1. The zero-order chi connectivity index (χ0) is 30.4. The van der Waals surface area contributed by atoms with Crippen molar-refractivity contribution >= 4 is 29.0 Å². The summed E-state index contributed by atoms with van der Waals surface area (Å²) in [6.07, 6.45) is 10.7. The number of carbonyl (C=O) groups excluding carboxylic acids is 3. The van der Waals surface area contributed by atoms with Gasteiger partial charge in [0.1, 0.15) is 11.5 Å². The molecule has 2 saturated carbocycles. The normalized spacial score (nSPS) is 23.3. The Hall–Kier alpha value is -2.45. The van der Waals surface area contributed by atoms with Gasteiger partial charge in [0.25, 0.3) is 5.91 Å². The van der Waals surface area contributed by atoms with Crippen LogP contribution in [-0.2, 0) is 19.1 Å². The van der Waals surface area contributed by atoms with Crippen LogP contribution in [0.5, 0.6) is 5.75 Å². The maximum Gasteiger partial charge on any atom is 0.270 e. The molecule has 3 fully saturated rings. The van der Waals surface area contributed by atoms with Gasteiger partial charge in [0, 0.05) is 52.4 Å². The summed E-state index contributed by atoms with van der Waals surface area (Å²) in [6.45, 7) is 12.1. The van der Waals surface area contributed by atoms with E-state index in [0.29, 0.717) is 50.5 Å². The molecule has 5 rings (SSSR count). The van der Waals surface area contributed by atoms with Crippen molar-refractivity contribution in [3.8, 4) is 5.75 Å². The van der Waals surface area contributed by atoms with Crippen LogP contribution in [0, 0.1) is 23.7 Å². The van der Waals surface area contributed by atoms with Crippen LogP contribution in [-0.4, -0.2) is 62.6 Å².